The number of hydrogen-bond donors (Lipinski definition) is 1. The summed E-state index contributed by atoms with van der Waals surface area (Å²) in [6, 6.07) is 14.3. The van der Waals surface area contributed by atoms with Crippen molar-refractivity contribution in [3.63, 3.8) is 0 Å². The van der Waals surface area contributed by atoms with Gasteiger partial charge in [-0.15, -0.1) is 12.4 Å². The van der Waals surface area contributed by atoms with Crippen LogP contribution in [0.25, 0.3) is 0 Å². The SMILES string of the molecule is Cc1n[nH]c(C)c1Cc1ccc(N=Cc2ccc([N+](=O)[O-])cc2)cc1.Cl. The Balaban J connectivity index is 0.00000243. The number of non-ortho nitro benzene ring substituents is 1. The molecule has 2 aromatic carbocycles. The van der Waals surface area contributed by atoms with Crippen LogP contribution in [0.15, 0.2) is 53.5 Å². The number of rotatable bonds is 5. The summed E-state index contributed by atoms with van der Waals surface area (Å²) in [4.78, 5) is 14.6. The summed E-state index contributed by atoms with van der Waals surface area (Å²) >= 11 is 0. The predicted molar refractivity (Wildman–Crippen MR) is 105 cm³/mol. The Labute approximate surface area is 157 Å². The summed E-state index contributed by atoms with van der Waals surface area (Å²) in [7, 11) is 0. The molecule has 3 rings (SSSR count). The standard InChI is InChI=1S/C19H18N4O2.ClH/c1-13-19(14(2)22-21-13)11-15-3-7-17(8-4-15)20-12-16-5-9-18(10-6-16)23(24)25;/h3-10,12H,11H2,1-2H3,(H,21,22);1H. The summed E-state index contributed by atoms with van der Waals surface area (Å²) in [5.74, 6) is 0. The average Bonchev–Trinajstić information content (AvgIpc) is 2.93. The molecule has 0 bridgehead atoms. The maximum atomic E-state index is 10.6. The number of benzene rings is 2. The van der Waals surface area contributed by atoms with Crippen molar-refractivity contribution >= 4 is 30.0 Å². The molecule has 1 aromatic heterocycles. The Morgan fingerprint density at radius 3 is 2.31 bits per heavy atom. The minimum atomic E-state index is -0.414. The second-order valence-corrected chi connectivity index (χ2v) is 5.86. The number of H-pyrrole nitrogens is 1. The quantitative estimate of drug-likeness (QED) is 0.401. The van der Waals surface area contributed by atoms with Gasteiger partial charge in [0.2, 0.25) is 0 Å². The molecule has 6 nitrogen and oxygen atoms in total. The van der Waals surface area contributed by atoms with E-state index in [1.807, 2.05) is 38.1 Å². The highest BCUT2D eigenvalue weighted by Gasteiger charge is 2.07. The minimum Gasteiger partial charge on any atom is -0.282 e. The van der Waals surface area contributed by atoms with Crippen LogP contribution in [0, 0.1) is 24.0 Å². The van der Waals surface area contributed by atoms with Crippen LogP contribution in [0.1, 0.15) is 28.1 Å². The molecule has 0 radical (unpaired) electrons. The first kappa shape index (κ1) is 19.3. The number of aryl methyl sites for hydroxylation is 2. The largest absolute Gasteiger partial charge is 0.282 e. The van der Waals surface area contributed by atoms with E-state index in [1.165, 1.54) is 23.3 Å². The van der Waals surface area contributed by atoms with Gasteiger partial charge in [0.25, 0.3) is 5.69 Å². The molecular formula is C19H19ClN4O2. The van der Waals surface area contributed by atoms with E-state index in [0.29, 0.717) is 0 Å². The number of nitro benzene ring substituents is 1. The predicted octanol–water partition coefficient (Wildman–Crippen LogP) is 4.70. The summed E-state index contributed by atoms with van der Waals surface area (Å²) in [6.07, 6.45) is 2.53. The fraction of sp³-hybridized carbons (Fsp3) is 0.158. The molecule has 7 heteroatoms. The Morgan fingerprint density at radius 2 is 1.77 bits per heavy atom. The lowest BCUT2D eigenvalue weighted by molar-refractivity contribution is -0.384. The number of aliphatic imine (C=N–C) groups is 1. The van der Waals surface area contributed by atoms with Crippen LogP contribution >= 0.6 is 12.4 Å². The second kappa shape index (κ2) is 8.40. The van der Waals surface area contributed by atoms with E-state index in [9.17, 15) is 10.1 Å². The Bertz CT molecular complexity index is 896. The van der Waals surface area contributed by atoms with Gasteiger partial charge in [0, 0.05) is 36.0 Å². The summed E-state index contributed by atoms with van der Waals surface area (Å²) in [6.45, 7) is 4.03. The molecule has 1 heterocycles. The molecule has 3 aromatic rings. The molecule has 0 amide bonds. The van der Waals surface area contributed by atoms with Crippen molar-refractivity contribution in [3.8, 4) is 0 Å². The molecule has 0 aliphatic carbocycles. The fourth-order valence-corrected chi connectivity index (χ4v) is 2.57. The summed E-state index contributed by atoms with van der Waals surface area (Å²) in [5, 5.41) is 17.9. The van der Waals surface area contributed by atoms with Gasteiger partial charge in [-0.25, -0.2) is 0 Å². The van der Waals surface area contributed by atoms with E-state index >= 15 is 0 Å². The van der Waals surface area contributed by atoms with Crippen LogP contribution in [0.2, 0.25) is 0 Å². The van der Waals surface area contributed by atoms with Crippen LogP contribution in [0.5, 0.6) is 0 Å². The van der Waals surface area contributed by atoms with Gasteiger partial charge in [0.15, 0.2) is 0 Å². The molecule has 0 spiro atoms. The maximum absolute atomic E-state index is 10.6. The highest BCUT2D eigenvalue weighted by atomic mass is 35.5. The van der Waals surface area contributed by atoms with E-state index in [0.717, 1.165) is 29.1 Å². The van der Waals surface area contributed by atoms with Crippen molar-refractivity contribution < 1.29 is 4.92 Å². The van der Waals surface area contributed by atoms with Crippen molar-refractivity contribution in [3.05, 3.63) is 86.7 Å². The normalized spacial score (nSPS) is 10.7. The van der Waals surface area contributed by atoms with Crippen molar-refractivity contribution in [1.29, 1.82) is 0 Å². The third kappa shape index (κ3) is 4.55. The molecule has 134 valence electrons. The van der Waals surface area contributed by atoms with Gasteiger partial charge < -0.3 is 0 Å². The number of nitrogens with one attached hydrogen (secondary N) is 1. The van der Waals surface area contributed by atoms with E-state index in [4.69, 9.17) is 0 Å². The molecule has 0 aliphatic heterocycles. The number of nitro groups is 1. The average molecular weight is 371 g/mol. The van der Waals surface area contributed by atoms with Crippen LogP contribution in [0.3, 0.4) is 0 Å². The molecule has 0 saturated heterocycles. The smallest absolute Gasteiger partial charge is 0.269 e. The van der Waals surface area contributed by atoms with E-state index in [1.54, 1.807) is 18.3 Å². The van der Waals surface area contributed by atoms with Crippen LogP contribution in [0.4, 0.5) is 11.4 Å². The molecule has 26 heavy (non-hydrogen) atoms. The zero-order valence-corrected chi connectivity index (χ0v) is 15.3. The number of nitrogens with zero attached hydrogens (tertiary/aromatic N) is 3. The van der Waals surface area contributed by atoms with E-state index in [2.05, 4.69) is 15.2 Å². The van der Waals surface area contributed by atoms with Gasteiger partial charge in [-0.2, -0.15) is 5.10 Å². The molecule has 1 N–H and O–H groups in total. The van der Waals surface area contributed by atoms with Gasteiger partial charge in [-0.1, -0.05) is 12.1 Å². The van der Waals surface area contributed by atoms with Crippen molar-refractivity contribution in [2.75, 3.05) is 0 Å². The first-order valence-corrected chi connectivity index (χ1v) is 7.91. The third-order valence-electron chi connectivity index (χ3n) is 4.06. The highest BCUT2D eigenvalue weighted by molar-refractivity contribution is 5.85. The molecule has 0 aliphatic rings. The zero-order valence-electron chi connectivity index (χ0n) is 14.5. The Kier molecular flexibility index (Phi) is 6.25. The third-order valence-corrected chi connectivity index (χ3v) is 4.06. The lowest BCUT2D eigenvalue weighted by Crippen LogP contribution is -1.91. The molecule has 0 unspecified atom stereocenters. The van der Waals surface area contributed by atoms with Crippen LogP contribution in [-0.4, -0.2) is 21.3 Å². The van der Waals surface area contributed by atoms with E-state index < -0.39 is 4.92 Å². The van der Waals surface area contributed by atoms with Crippen LogP contribution < -0.4 is 0 Å². The molecular weight excluding hydrogens is 352 g/mol. The number of aromatic nitrogens is 2. The lowest BCUT2D eigenvalue weighted by atomic mass is 10.0. The first-order chi connectivity index (χ1) is 12.0. The van der Waals surface area contributed by atoms with Gasteiger partial charge in [0.05, 0.1) is 16.3 Å². The number of aromatic amines is 1. The topological polar surface area (TPSA) is 84.2 Å². The van der Waals surface area contributed by atoms with E-state index in [-0.39, 0.29) is 18.1 Å². The van der Waals surface area contributed by atoms with Crippen molar-refractivity contribution in [2.24, 2.45) is 4.99 Å². The molecule has 0 fully saturated rings. The maximum Gasteiger partial charge on any atom is 0.269 e. The first-order valence-electron chi connectivity index (χ1n) is 7.91. The Morgan fingerprint density at radius 1 is 1.12 bits per heavy atom. The van der Waals surface area contributed by atoms with Crippen molar-refractivity contribution in [2.45, 2.75) is 20.3 Å². The van der Waals surface area contributed by atoms with Gasteiger partial charge in [-0.05, 0) is 49.2 Å². The summed E-state index contributed by atoms with van der Waals surface area (Å²) in [5.41, 5.74) is 6.27. The molecule has 0 atom stereocenters. The van der Waals surface area contributed by atoms with Crippen molar-refractivity contribution in [1.82, 2.24) is 10.2 Å². The number of halogens is 1. The van der Waals surface area contributed by atoms with Gasteiger partial charge in [0.1, 0.15) is 0 Å². The van der Waals surface area contributed by atoms with Gasteiger partial charge in [-0.3, -0.25) is 20.2 Å². The highest BCUT2D eigenvalue weighted by Crippen LogP contribution is 2.19. The fourth-order valence-electron chi connectivity index (χ4n) is 2.57. The lowest BCUT2D eigenvalue weighted by Gasteiger charge is -2.03. The van der Waals surface area contributed by atoms with Crippen LogP contribution in [-0.2, 0) is 6.42 Å². The zero-order chi connectivity index (χ0) is 17.8. The monoisotopic (exact) mass is 370 g/mol. The molecule has 0 saturated carbocycles. The number of hydrogen-bond acceptors (Lipinski definition) is 4. The van der Waals surface area contributed by atoms with Gasteiger partial charge >= 0.3 is 0 Å². The summed E-state index contributed by atoms with van der Waals surface area (Å²) < 4.78 is 0. The Hall–Kier alpha value is -2.99. The second-order valence-electron chi connectivity index (χ2n) is 5.86. The minimum absolute atomic E-state index is 0.